The molecule has 1 fully saturated rings. The Labute approximate surface area is 133 Å². The van der Waals surface area contributed by atoms with Gasteiger partial charge in [0.1, 0.15) is 5.82 Å². The maximum atomic E-state index is 12.4. The molecule has 2 aromatic heterocycles. The van der Waals surface area contributed by atoms with Crippen LogP contribution in [0.3, 0.4) is 0 Å². The molecule has 1 aliphatic rings. The molecule has 0 saturated heterocycles. The molecule has 0 aliphatic heterocycles. The van der Waals surface area contributed by atoms with Crippen molar-refractivity contribution in [1.29, 1.82) is 0 Å². The highest BCUT2D eigenvalue weighted by molar-refractivity contribution is 5.99. The fourth-order valence-corrected chi connectivity index (χ4v) is 3.18. The summed E-state index contributed by atoms with van der Waals surface area (Å²) in [7, 11) is 0. The van der Waals surface area contributed by atoms with Crippen LogP contribution >= 0.6 is 0 Å². The number of nitrogens with one attached hydrogen (secondary N) is 1. The Balaban J connectivity index is 1.83. The Hall–Kier alpha value is -2.44. The van der Waals surface area contributed by atoms with Crippen LogP contribution in [-0.2, 0) is 9.59 Å². The summed E-state index contributed by atoms with van der Waals surface area (Å²) in [4.78, 5) is 23.6. The van der Waals surface area contributed by atoms with E-state index in [4.69, 9.17) is 0 Å². The first-order chi connectivity index (χ1) is 10.7. The topological polar surface area (TPSA) is 96.6 Å². The molecule has 3 rings (SSSR count). The van der Waals surface area contributed by atoms with Gasteiger partial charge in [-0.15, -0.1) is 10.2 Å². The van der Waals surface area contributed by atoms with Gasteiger partial charge >= 0.3 is 5.97 Å². The second kappa shape index (κ2) is 5.04. The zero-order valence-electron chi connectivity index (χ0n) is 13.6. The largest absolute Gasteiger partial charge is 0.481 e. The zero-order chi connectivity index (χ0) is 16.9. The van der Waals surface area contributed by atoms with Crippen LogP contribution < -0.4 is 5.32 Å². The van der Waals surface area contributed by atoms with Gasteiger partial charge in [-0.05, 0) is 17.5 Å². The normalized spacial score (nSPS) is 22.3. The highest BCUT2D eigenvalue weighted by Gasteiger charge is 2.65. The van der Waals surface area contributed by atoms with Crippen molar-refractivity contribution in [2.75, 3.05) is 5.32 Å². The summed E-state index contributed by atoms with van der Waals surface area (Å²) in [6.07, 6.45) is 1.77. The number of fused-ring (bicyclic) bond motifs is 1. The molecule has 1 aliphatic carbocycles. The fourth-order valence-electron chi connectivity index (χ4n) is 3.18. The zero-order valence-corrected chi connectivity index (χ0v) is 13.6. The number of hydrogen-bond acceptors (Lipinski definition) is 4. The van der Waals surface area contributed by atoms with Gasteiger partial charge in [0.25, 0.3) is 0 Å². The average Bonchev–Trinajstić information content (AvgIpc) is 2.83. The molecule has 0 bridgehead atoms. The van der Waals surface area contributed by atoms with E-state index in [2.05, 4.69) is 15.5 Å². The van der Waals surface area contributed by atoms with E-state index >= 15 is 0 Å². The lowest BCUT2D eigenvalue weighted by Gasteiger charge is -2.08. The van der Waals surface area contributed by atoms with Crippen molar-refractivity contribution in [3.05, 3.63) is 24.2 Å². The van der Waals surface area contributed by atoms with E-state index in [0.29, 0.717) is 11.3 Å². The van der Waals surface area contributed by atoms with E-state index in [1.165, 1.54) is 0 Å². The van der Waals surface area contributed by atoms with Crippen LogP contribution in [0, 0.1) is 17.3 Å². The maximum absolute atomic E-state index is 12.4. The first-order valence-electron chi connectivity index (χ1n) is 7.62. The van der Waals surface area contributed by atoms with Crippen LogP contribution in [0.2, 0.25) is 0 Å². The van der Waals surface area contributed by atoms with Crippen molar-refractivity contribution in [2.45, 2.75) is 33.6 Å². The van der Waals surface area contributed by atoms with Crippen molar-refractivity contribution < 1.29 is 14.7 Å². The Morgan fingerprint density at radius 1 is 1.26 bits per heavy atom. The molecule has 23 heavy (non-hydrogen) atoms. The summed E-state index contributed by atoms with van der Waals surface area (Å²) in [6, 6.07) is 3.53. The third-order valence-electron chi connectivity index (χ3n) is 4.59. The summed E-state index contributed by atoms with van der Waals surface area (Å²) in [5, 5.41) is 20.2. The molecule has 2 heterocycles. The van der Waals surface area contributed by atoms with E-state index in [0.717, 1.165) is 5.82 Å². The first kappa shape index (κ1) is 15.5. The number of hydrogen-bond donors (Lipinski definition) is 2. The van der Waals surface area contributed by atoms with Gasteiger partial charge in [-0.25, -0.2) is 0 Å². The second-order valence-corrected chi connectivity index (χ2v) is 6.96. The van der Waals surface area contributed by atoms with Crippen molar-refractivity contribution in [3.63, 3.8) is 0 Å². The molecule has 0 spiro atoms. The molecule has 7 nitrogen and oxygen atoms in total. The van der Waals surface area contributed by atoms with Gasteiger partial charge in [0.15, 0.2) is 5.65 Å². The molecule has 7 heteroatoms. The van der Waals surface area contributed by atoms with E-state index in [1.807, 2.05) is 18.2 Å². The lowest BCUT2D eigenvalue weighted by atomic mass is 10.1. The highest BCUT2D eigenvalue weighted by atomic mass is 16.4. The predicted octanol–water partition coefficient (Wildman–Crippen LogP) is 2.15. The van der Waals surface area contributed by atoms with Crippen LogP contribution in [0.4, 0.5) is 5.69 Å². The maximum Gasteiger partial charge on any atom is 0.307 e. The van der Waals surface area contributed by atoms with Gasteiger partial charge in [-0.1, -0.05) is 27.7 Å². The van der Waals surface area contributed by atoms with Gasteiger partial charge in [0.2, 0.25) is 5.91 Å². The molecular formula is C16H20N4O3. The highest BCUT2D eigenvalue weighted by Crippen LogP contribution is 2.58. The SMILES string of the molecule is CC(C)c1nnc2ccc(NC(=O)[C@@H]3[C@H](C(=O)O)C3(C)C)cn12. The average molecular weight is 316 g/mol. The summed E-state index contributed by atoms with van der Waals surface area (Å²) < 4.78 is 1.84. The van der Waals surface area contributed by atoms with E-state index in [1.54, 1.807) is 32.2 Å². The summed E-state index contributed by atoms with van der Waals surface area (Å²) in [5.74, 6) is -1.32. The Kier molecular flexibility index (Phi) is 3.39. The molecule has 2 atom stereocenters. The molecule has 1 amide bonds. The molecule has 122 valence electrons. The molecule has 2 N–H and O–H groups in total. The monoisotopic (exact) mass is 316 g/mol. The molecule has 0 unspecified atom stereocenters. The number of aliphatic carboxylic acids is 1. The molecule has 0 aromatic carbocycles. The van der Waals surface area contributed by atoms with Crippen LogP contribution in [0.5, 0.6) is 0 Å². The van der Waals surface area contributed by atoms with Crippen molar-refractivity contribution in [2.24, 2.45) is 17.3 Å². The number of carbonyl (C=O) groups is 2. The van der Waals surface area contributed by atoms with Crippen LogP contribution in [-0.4, -0.2) is 31.6 Å². The second-order valence-electron chi connectivity index (χ2n) is 6.96. The van der Waals surface area contributed by atoms with E-state index in [-0.39, 0.29) is 11.8 Å². The van der Waals surface area contributed by atoms with Gasteiger partial charge < -0.3 is 10.4 Å². The van der Waals surface area contributed by atoms with Crippen LogP contribution in [0.25, 0.3) is 5.65 Å². The molecule has 1 saturated carbocycles. The van der Waals surface area contributed by atoms with E-state index < -0.39 is 23.2 Å². The molecular weight excluding hydrogens is 296 g/mol. The Morgan fingerprint density at radius 3 is 2.52 bits per heavy atom. The number of nitrogens with zero attached hydrogens (tertiary/aromatic N) is 3. The third-order valence-corrected chi connectivity index (χ3v) is 4.59. The molecule has 0 radical (unpaired) electrons. The summed E-state index contributed by atoms with van der Waals surface area (Å²) >= 11 is 0. The number of rotatable bonds is 4. The van der Waals surface area contributed by atoms with Gasteiger partial charge in [0, 0.05) is 12.1 Å². The van der Waals surface area contributed by atoms with Crippen molar-refractivity contribution >= 4 is 23.2 Å². The molecule has 2 aromatic rings. The number of carboxylic acids is 1. The predicted molar refractivity (Wildman–Crippen MR) is 84.1 cm³/mol. The smallest absolute Gasteiger partial charge is 0.307 e. The Morgan fingerprint density at radius 2 is 1.96 bits per heavy atom. The number of aromatic nitrogens is 3. The van der Waals surface area contributed by atoms with Gasteiger partial charge in [-0.3, -0.25) is 14.0 Å². The third kappa shape index (κ3) is 2.46. The minimum Gasteiger partial charge on any atom is -0.481 e. The lowest BCUT2D eigenvalue weighted by molar-refractivity contribution is -0.140. The number of amides is 1. The number of carboxylic acid groups (broad SMARTS) is 1. The van der Waals surface area contributed by atoms with Crippen molar-refractivity contribution in [1.82, 2.24) is 14.6 Å². The quantitative estimate of drug-likeness (QED) is 0.901. The fraction of sp³-hybridized carbons (Fsp3) is 0.500. The minimum absolute atomic E-state index is 0.203. The standard InChI is InChI=1S/C16H20N4O3/c1-8(2)13-19-18-10-6-5-9(7-20(10)13)17-14(21)11-12(15(22)23)16(11,3)4/h5-8,11-12H,1-4H3,(H,17,21)(H,22,23)/t11-,12+/m0/s1. The number of carbonyl (C=O) groups excluding carboxylic acids is 1. The van der Waals surface area contributed by atoms with Crippen molar-refractivity contribution in [3.8, 4) is 0 Å². The Bertz CT molecular complexity index is 794. The van der Waals surface area contributed by atoms with Gasteiger partial charge in [-0.2, -0.15) is 0 Å². The van der Waals surface area contributed by atoms with Crippen LogP contribution in [0.15, 0.2) is 18.3 Å². The van der Waals surface area contributed by atoms with Crippen LogP contribution in [0.1, 0.15) is 39.4 Å². The van der Waals surface area contributed by atoms with E-state index in [9.17, 15) is 14.7 Å². The van der Waals surface area contributed by atoms with Gasteiger partial charge in [0.05, 0.1) is 17.5 Å². The number of pyridine rings is 1. The summed E-state index contributed by atoms with van der Waals surface area (Å²) in [5.41, 5.74) is 0.803. The number of anilines is 1. The summed E-state index contributed by atoms with van der Waals surface area (Å²) in [6.45, 7) is 7.64. The minimum atomic E-state index is -0.925. The first-order valence-corrected chi connectivity index (χ1v) is 7.62. The lowest BCUT2D eigenvalue weighted by Crippen LogP contribution is -2.18.